The number of amides is 1. The summed E-state index contributed by atoms with van der Waals surface area (Å²) < 4.78 is 0. The SMILES string of the molecule is Cc1ccc(CCC(=O)N2CCN(c3ccnc(-c4ccccc4)n3)CC2)c(C)c1. The number of hydrogen-bond acceptors (Lipinski definition) is 4. The summed E-state index contributed by atoms with van der Waals surface area (Å²) >= 11 is 0. The third-order valence-corrected chi connectivity index (χ3v) is 5.74. The van der Waals surface area contributed by atoms with Crippen LogP contribution in [0, 0.1) is 13.8 Å². The number of rotatable bonds is 5. The minimum Gasteiger partial charge on any atom is -0.353 e. The van der Waals surface area contributed by atoms with Gasteiger partial charge in [0, 0.05) is 44.4 Å². The maximum Gasteiger partial charge on any atom is 0.223 e. The van der Waals surface area contributed by atoms with E-state index >= 15 is 0 Å². The van der Waals surface area contributed by atoms with Crippen LogP contribution in [0.5, 0.6) is 0 Å². The molecule has 1 amide bonds. The van der Waals surface area contributed by atoms with E-state index in [9.17, 15) is 4.79 Å². The zero-order valence-corrected chi connectivity index (χ0v) is 17.7. The highest BCUT2D eigenvalue weighted by Gasteiger charge is 2.22. The molecule has 0 unspecified atom stereocenters. The molecule has 0 saturated carbocycles. The second kappa shape index (κ2) is 9.08. The molecule has 154 valence electrons. The number of aromatic nitrogens is 2. The van der Waals surface area contributed by atoms with Crippen molar-refractivity contribution < 1.29 is 4.79 Å². The van der Waals surface area contributed by atoms with Gasteiger partial charge in [0.25, 0.3) is 0 Å². The Labute approximate surface area is 178 Å². The molecule has 1 fully saturated rings. The number of carbonyl (C=O) groups excluding carboxylic acids is 1. The molecule has 0 N–H and O–H groups in total. The molecule has 0 bridgehead atoms. The van der Waals surface area contributed by atoms with E-state index in [0.717, 1.165) is 49.8 Å². The number of benzene rings is 2. The van der Waals surface area contributed by atoms with E-state index in [2.05, 4.69) is 41.9 Å². The van der Waals surface area contributed by atoms with Crippen molar-refractivity contribution in [1.82, 2.24) is 14.9 Å². The Balaban J connectivity index is 1.33. The topological polar surface area (TPSA) is 49.3 Å². The van der Waals surface area contributed by atoms with Gasteiger partial charge in [0.1, 0.15) is 5.82 Å². The van der Waals surface area contributed by atoms with E-state index in [1.165, 1.54) is 16.7 Å². The Morgan fingerprint density at radius 2 is 1.73 bits per heavy atom. The van der Waals surface area contributed by atoms with Crippen molar-refractivity contribution in [2.75, 3.05) is 31.1 Å². The quantitative estimate of drug-likeness (QED) is 0.649. The third kappa shape index (κ3) is 4.67. The lowest BCUT2D eigenvalue weighted by atomic mass is 10.0. The minimum absolute atomic E-state index is 0.238. The molecule has 2 aromatic carbocycles. The summed E-state index contributed by atoms with van der Waals surface area (Å²) in [6, 6.07) is 18.4. The number of anilines is 1. The van der Waals surface area contributed by atoms with Crippen molar-refractivity contribution in [1.29, 1.82) is 0 Å². The molecular formula is C25H28N4O. The fraction of sp³-hybridized carbons (Fsp3) is 0.320. The van der Waals surface area contributed by atoms with Crippen LogP contribution in [0.15, 0.2) is 60.8 Å². The van der Waals surface area contributed by atoms with Crippen LogP contribution in [0.1, 0.15) is 23.1 Å². The van der Waals surface area contributed by atoms with Gasteiger partial charge in [-0.1, -0.05) is 54.1 Å². The Hall–Kier alpha value is -3.21. The molecule has 30 heavy (non-hydrogen) atoms. The number of piperazine rings is 1. The van der Waals surface area contributed by atoms with Gasteiger partial charge in [-0.05, 0) is 37.5 Å². The van der Waals surface area contributed by atoms with E-state index in [0.29, 0.717) is 6.42 Å². The second-order valence-corrected chi connectivity index (χ2v) is 7.90. The van der Waals surface area contributed by atoms with E-state index in [-0.39, 0.29) is 5.91 Å². The third-order valence-electron chi connectivity index (χ3n) is 5.74. The van der Waals surface area contributed by atoms with Gasteiger partial charge in [0.05, 0.1) is 0 Å². The van der Waals surface area contributed by atoms with Crippen LogP contribution in [-0.4, -0.2) is 47.0 Å². The monoisotopic (exact) mass is 400 g/mol. The van der Waals surface area contributed by atoms with Gasteiger partial charge in [-0.2, -0.15) is 0 Å². The van der Waals surface area contributed by atoms with E-state index in [1.54, 1.807) is 0 Å². The van der Waals surface area contributed by atoms with Crippen LogP contribution in [0.4, 0.5) is 5.82 Å². The maximum atomic E-state index is 12.7. The van der Waals surface area contributed by atoms with Crippen LogP contribution in [0.25, 0.3) is 11.4 Å². The predicted molar refractivity (Wildman–Crippen MR) is 120 cm³/mol. The van der Waals surface area contributed by atoms with Gasteiger partial charge in [-0.15, -0.1) is 0 Å². The molecule has 2 heterocycles. The summed E-state index contributed by atoms with van der Waals surface area (Å²) in [6.45, 7) is 7.27. The van der Waals surface area contributed by atoms with Crippen molar-refractivity contribution in [3.63, 3.8) is 0 Å². The molecule has 0 aliphatic carbocycles. The van der Waals surface area contributed by atoms with Crippen molar-refractivity contribution in [2.45, 2.75) is 26.7 Å². The lowest BCUT2D eigenvalue weighted by Crippen LogP contribution is -2.49. The van der Waals surface area contributed by atoms with Gasteiger partial charge < -0.3 is 9.80 Å². The summed E-state index contributed by atoms with van der Waals surface area (Å²) in [4.78, 5) is 26.1. The van der Waals surface area contributed by atoms with Crippen molar-refractivity contribution in [3.8, 4) is 11.4 Å². The largest absolute Gasteiger partial charge is 0.353 e. The number of aryl methyl sites for hydroxylation is 3. The summed E-state index contributed by atoms with van der Waals surface area (Å²) in [5.41, 5.74) is 4.81. The Kier molecular flexibility index (Phi) is 6.07. The Bertz CT molecular complexity index is 1010. The Morgan fingerprint density at radius 1 is 0.967 bits per heavy atom. The molecule has 1 aliphatic rings. The average Bonchev–Trinajstić information content (AvgIpc) is 2.79. The molecule has 1 saturated heterocycles. The van der Waals surface area contributed by atoms with Gasteiger partial charge in [-0.3, -0.25) is 4.79 Å². The maximum absolute atomic E-state index is 12.7. The first kappa shape index (κ1) is 20.1. The first-order chi connectivity index (χ1) is 14.6. The molecule has 1 aromatic heterocycles. The lowest BCUT2D eigenvalue weighted by molar-refractivity contribution is -0.131. The molecule has 0 spiro atoms. The smallest absolute Gasteiger partial charge is 0.223 e. The zero-order chi connectivity index (χ0) is 20.9. The van der Waals surface area contributed by atoms with Gasteiger partial charge in [0.15, 0.2) is 5.82 Å². The van der Waals surface area contributed by atoms with Crippen LogP contribution < -0.4 is 4.90 Å². The standard InChI is InChI=1S/C25H28N4O/c1-19-8-9-21(20(2)18-19)10-11-24(30)29-16-14-28(15-17-29)23-12-13-26-25(27-23)22-6-4-3-5-7-22/h3-9,12-13,18H,10-11,14-17H2,1-2H3. The van der Waals surface area contributed by atoms with Gasteiger partial charge in [-0.25, -0.2) is 9.97 Å². The molecule has 3 aromatic rings. The highest BCUT2D eigenvalue weighted by atomic mass is 16.2. The van der Waals surface area contributed by atoms with Crippen molar-refractivity contribution in [3.05, 3.63) is 77.5 Å². The summed E-state index contributed by atoms with van der Waals surface area (Å²) in [5.74, 6) is 1.90. The van der Waals surface area contributed by atoms with Crippen LogP contribution in [-0.2, 0) is 11.2 Å². The zero-order valence-electron chi connectivity index (χ0n) is 17.7. The minimum atomic E-state index is 0.238. The second-order valence-electron chi connectivity index (χ2n) is 7.90. The van der Waals surface area contributed by atoms with E-state index in [1.807, 2.05) is 47.5 Å². The molecule has 0 atom stereocenters. The van der Waals surface area contributed by atoms with Crippen molar-refractivity contribution >= 4 is 11.7 Å². The van der Waals surface area contributed by atoms with Crippen molar-refractivity contribution in [2.24, 2.45) is 0 Å². The molecule has 5 nitrogen and oxygen atoms in total. The summed E-state index contributed by atoms with van der Waals surface area (Å²) in [6.07, 6.45) is 3.18. The molecule has 4 rings (SSSR count). The van der Waals surface area contributed by atoms with Crippen LogP contribution in [0.3, 0.4) is 0 Å². The molecule has 1 aliphatic heterocycles. The van der Waals surface area contributed by atoms with Gasteiger partial charge >= 0.3 is 0 Å². The summed E-state index contributed by atoms with van der Waals surface area (Å²) in [5, 5.41) is 0. The number of hydrogen-bond donors (Lipinski definition) is 0. The Morgan fingerprint density at radius 3 is 2.47 bits per heavy atom. The average molecular weight is 401 g/mol. The normalized spacial score (nSPS) is 14.1. The molecular weight excluding hydrogens is 372 g/mol. The fourth-order valence-corrected chi connectivity index (χ4v) is 3.96. The molecule has 0 radical (unpaired) electrons. The molecule has 5 heteroatoms. The number of carbonyl (C=O) groups is 1. The lowest BCUT2D eigenvalue weighted by Gasteiger charge is -2.35. The fourth-order valence-electron chi connectivity index (χ4n) is 3.96. The predicted octanol–water partition coefficient (Wildman–Crippen LogP) is 4.04. The van der Waals surface area contributed by atoms with Crippen LogP contribution >= 0.6 is 0 Å². The number of nitrogens with zero attached hydrogens (tertiary/aromatic N) is 4. The summed E-state index contributed by atoms with van der Waals surface area (Å²) in [7, 11) is 0. The van der Waals surface area contributed by atoms with Gasteiger partial charge in [0.2, 0.25) is 5.91 Å². The highest BCUT2D eigenvalue weighted by molar-refractivity contribution is 5.77. The highest BCUT2D eigenvalue weighted by Crippen LogP contribution is 2.20. The first-order valence-corrected chi connectivity index (χ1v) is 10.6. The van der Waals surface area contributed by atoms with E-state index in [4.69, 9.17) is 4.98 Å². The van der Waals surface area contributed by atoms with E-state index < -0.39 is 0 Å². The van der Waals surface area contributed by atoms with Crippen LogP contribution in [0.2, 0.25) is 0 Å². The first-order valence-electron chi connectivity index (χ1n) is 10.6.